The summed E-state index contributed by atoms with van der Waals surface area (Å²) in [6, 6.07) is 9.90. The molecule has 0 aliphatic carbocycles. The monoisotopic (exact) mass is 262 g/mol. The molecule has 0 atom stereocenters. The van der Waals surface area contributed by atoms with Gasteiger partial charge in [0.15, 0.2) is 0 Å². The number of rotatable bonds is 8. The summed E-state index contributed by atoms with van der Waals surface area (Å²) in [6.45, 7) is -0.191. The van der Waals surface area contributed by atoms with Crippen molar-refractivity contribution in [1.82, 2.24) is 0 Å². The summed E-state index contributed by atoms with van der Waals surface area (Å²) >= 11 is 0. The zero-order chi connectivity index (χ0) is 14.0. The van der Waals surface area contributed by atoms with Crippen LogP contribution >= 0.6 is 0 Å². The van der Waals surface area contributed by atoms with Gasteiger partial charge in [0, 0.05) is 5.41 Å². The lowest BCUT2D eigenvalue weighted by Crippen LogP contribution is -2.28. The number of aliphatic hydroxyl groups is 3. The summed E-state index contributed by atoms with van der Waals surface area (Å²) in [5, 5.41) is 27.7. The Morgan fingerprint density at radius 3 is 2.05 bits per heavy atom. The number of hydrogen-bond acceptors (Lipinski definition) is 3. The molecule has 19 heavy (non-hydrogen) atoms. The molecule has 0 saturated heterocycles. The molecule has 0 aromatic heterocycles. The van der Waals surface area contributed by atoms with E-state index in [4.69, 9.17) is 5.11 Å². The molecular formula is C16H22O3. The fraction of sp³-hybridized carbons (Fsp3) is 0.375. The summed E-state index contributed by atoms with van der Waals surface area (Å²) in [5.41, 5.74) is 0.537. The topological polar surface area (TPSA) is 60.7 Å². The third-order valence-electron chi connectivity index (χ3n) is 3.15. The van der Waals surface area contributed by atoms with Crippen LogP contribution in [0.4, 0.5) is 0 Å². The van der Waals surface area contributed by atoms with Crippen molar-refractivity contribution in [2.75, 3.05) is 19.8 Å². The summed E-state index contributed by atoms with van der Waals surface area (Å²) in [4.78, 5) is 0. The molecule has 1 aromatic carbocycles. The molecular weight excluding hydrogens is 240 g/mol. The SMILES string of the molecule is OC/C=C/CC(CO)(CO)C/C=C/c1ccccc1. The molecule has 1 aromatic rings. The standard InChI is InChI=1S/C16H22O3/c17-12-5-4-10-16(13-18,14-19)11-6-9-15-7-2-1-3-8-15/h1-9,17-19H,10-14H2/b5-4+,9-6+. The van der Waals surface area contributed by atoms with E-state index in [9.17, 15) is 10.2 Å². The van der Waals surface area contributed by atoms with Crippen molar-refractivity contribution in [2.45, 2.75) is 12.8 Å². The van der Waals surface area contributed by atoms with Gasteiger partial charge in [-0.25, -0.2) is 0 Å². The normalized spacial score (nSPS) is 12.6. The Hall–Kier alpha value is -1.42. The second-order valence-corrected chi connectivity index (χ2v) is 4.69. The van der Waals surface area contributed by atoms with Crippen LogP contribution in [0.1, 0.15) is 18.4 Å². The Balaban J connectivity index is 2.63. The molecule has 0 fully saturated rings. The molecule has 3 N–H and O–H groups in total. The van der Waals surface area contributed by atoms with Gasteiger partial charge < -0.3 is 15.3 Å². The molecule has 3 heteroatoms. The third kappa shape index (κ3) is 5.39. The van der Waals surface area contributed by atoms with Crippen molar-refractivity contribution >= 4 is 6.08 Å². The first-order chi connectivity index (χ1) is 9.26. The highest BCUT2D eigenvalue weighted by Crippen LogP contribution is 2.27. The maximum absolute atomic E-state index is 9.48. The third-order valence-corrected chi connectivity index (χ3v) is 3.15. The highest BCUT2D eigenvalue weighted by Gasteiger charge is 2.25. The van der Waals surface area contributed by atoms with Crippen molar-refractivity contribution in [3.8, 4) is 0 Å². The van der Waals surface area contributed by atoms with Gasteiger partial charge in [-0.2, -0.15) is 0 Å². The van der Waals surface area contributed by atoms with E-state index in [2.05, 4.69) is 0 Å². The molecule has 0 amide bonds. The number of hydrogen-bond donors (Lipinski definition) is 3. The van der Waals surface area contributed by atoms with Gasteiger partial charge in [-0.05, 0) is 18.4 Å². The molecule has 0 saturated carbocycles. The fourth-order valence-corrected chi connectivity index (χ4v) is 1.81. The minimum atomic E-state index is -0.559. The first-order valence-electron chi connectivity index (χ1n) is 6.45. The Bertz CT molecular complexity index is 392. The van der Waals surface area contributed by atoms with Gasteiger partial charge in [-0.3, -0.25) is 0 Å². The van der Waals surface area contributed by atoms with Crippen LogP contribution < -0.4 is 0 Å². The lowest BCUT2D eigenvalue weighted by atomic mass is 9.82. The molecule has 0 heterocycles. The zero-order valence-corrected chi connectivity index (χ0v) is 11.1. The van der Waals surface area contributed by atoms with Crippen molar-refractivity contribution in [3.63, 3.8) is 0 Å². The van der Waals surface area contributed by atoms with Gasteiger partial charge in [0.2, 0.25) is 0 Å². The lowest BCUT2D eigenvalue weighted by Gasteiger charge is -2.27. The predicted octanol–water partition coefficient (Wildman–Crippen LogP) is 2.00. The van der Waals surface area contributed by atoms with E-state index in [1.807, 2.05) is 42.5 Å². The van der Waals surface area contributed by atoms with E-state index in [1.54, 1.807) is 12.2 Å². The minimum absolute atomic E-state index is 0.0210. The van der Waals surface area contributed by atoms with Crippen LogP contribution in [-0.4, -0.2) is 35.1 Å². The smallest absolute Gasteiger partial charge is 0.0612 e. The Kier molecular flexibility index (Phi) is 7.11. The van der Waals surface area contributed by atoms with Crippen LogP contribution in [0.15, 0.2) is 48.6 Å². The Morgan fingerprint density at radius 2 is 1.47 bits per heavy atom. The van der Waals surface area contributed by atoms with Crippen molar-refractivity contribution in [1.29, 1.82) is 0 Å². The summed E-state index contributed by atoms with van der Waals surface area (Å²) < 4.78 is 0. The molecule has 0 aliphatic rings. The highest BCUT2D eigenvalue weighted by molar-refractivity contribution is 5.48. The van der Waals surface area contributed by atoms with Crippen LogP contribution in [0, 0.1) is 5.41 Å². The van der Waals surface area contributed by atoms with Crippen molar-refractivity contribution < 1.29 is 15.3 Å². The van der Waals surface area contributed by atoms with E-state index in [0.717, 1.165) is 5.56 Å². The maximum Gasteiger partial charge on any atom is 0.0612 e. The molecule has 0 unspecified atom stereocenters. The van der Waals surface area contributed by atoms with E-state index in [0.29, 0.717) is 12.8 Å². The van der Waals surface area contributed by atoms with Gasteiger partial charge in [0.05, 0.1) is 19.8 Å². The van der Waals surface area contributed by atoms with Crippen molar-refractivity contribution in [3.05, 3.63) is 54.1 Å². The minimum Gasteiger partial charge on any atom is -0.396 e. The average molecular weight is 262 g/mol. The van der Waals surface area contributed by atoms with E-state index >= 15 is 0 Å². The largest absolute Gasteiger partial charge is 0.396 e. The molecule has 1 rings (SSSR count). The maximum atomic E-state index is 9.48. The number of benzene rings is 1. The quantitative estimate of drug-likeness (QED) is 0.628. The summed E-state index contributed by atoms with van der Waals surface area (Å²) in [7, 11) is 0. The fourth-order valence-electron chi connectivity index (χ4n) is 1.81. The first kappa shape index (κ1) is 15.6. The van der Waals surface area contributed by atoms with Crippen LogP contribution in [0.25, 0.3) is 6.08 Å². The zero-order valence-electron chi connectivity index (χ0n) is 11.1. The van der Waals surface area contributed by atoms with Crippen molar-refractivity contribution in [2.24, 2.45) is 5.41 Å². The Labute approximate surface area is 114 Å². The Morgan fingerprint density at radius 1 is 0.842 bits per heavy atom. The van der Waals surface area contributed by atoms with Crippen LogP contribution in [0.5, 0.6) is 0 Å². The van der Waals surface area contributed by atoms with E-state index in [-0.39, 0.29) is 19.8 Å². The second kappa shape index (κ2) is 8.64. The molecule has 3 nitrogen and oxygen atoms in total. The molecule has 104 valence electrons. The van der Waals surface area contributed by atoms with Gasteiger partial charge in [0.1, 0.15) is 0 Å². The number of allylic oxidation sites excluding steroid dienone is 2. The van der Waals surface area contributed by atoms with Crippen LogP contribution in [0.2, 0.25) is 0 Å². The molecule has 0 aliphatic heterocycles. The summed E-state index contributed by atoms with van der Waals surface area (Å²) in [6.07, 6.45) is 8.50. The molecule has 0 radical (unpaired) electrons. The van der Waals surface area contributed by atoms with Gasteiger partial charge in [-0.15, -0.1) is 0 Å². The number of aliphatic hydroxyl groups excluding tert-OH is 3. The predicted molar refractivity (Wildman–Crippen MR) is 77.5 cm³/mol. The van der Waals surface area contributed by atoms with Gasteiger partial charge in [-0.1, -0.05) is 54.6 Å². The average Bonchev–Trinajstić information content (AvgIpc) is 2.47. The highest BCUT2D eigenvalue weighted by atomic mass is 16.3. The second-order valence-electron chi connectivity index (χ2n) is 4.69. The lowest BCUT2D eigenvalue weighted by molar-refractivity contribution is 0.0593. The van der Waals surface area contributed by atoms with Gasteiger partial charge >= 0.3 is 0 Å². The van der Waals surface area contributed by atoms with Crippen LogP contribution in [0.3, 0.4) is 0 Å². The van der Waals surface area contributed by atoms with E-state index in [1.165, 1.54) is 0 Å². The molecule has 0 bridgehead atoms. The van der Waals surface area contributed by atoms with E-state index < -0.39 is 5.41 Å². The first-order valence-corrected chi connectivity index (χ1v) is 6.45. The molecule has 0 spiro atoms. The van der Waals surface area contributed by atoms with Crippen LogP contribution in [-0.2, 0) is 0 Å². The van der Waals surface area contributed by atoms with Gasteiger partial charge in [0.25, 0.3) is 0 Å². The summed E-state index contributed by atoms with van der Waals surface area (Å²) in [5.74, 6) is 0.